The zero-order valence-corrected chi connectivity index (χ0v) is 23.8. The molecule has 5 aromatic rings. The second-order valence-corrected chi connectivity index (χ2v) is 12.0. The van der Waals surface area contributed by atoms with E-state index in [1.165, 1.54) is 23.5 Å². The fourth-order valence-electron chi connectivity index (χ4n) is 5.33. The van der Waals surface area contributed by atoms with Crippen molar-refractivity contribution in [2.24, 2.45) is 0 Å². The van der Waals surface area contributed by atoms with Gasteiger partial charge in [-0.15, -0.1) is 0 Å². The number of nitrogens with zero attached hydrogens (tertiary/aromatic N) is 5. The van der Waals surface area contributed by atoms with Gasteiger partial charge < -0.3 is 9.14 Å². The van der Waals surface area contributed by atoms with Crippen LogP contribution in [0.15, 0.2) is 102 Å². The number of aromatic nitrogens is 2. The quantitative estimate of drug-likeness (QED) is 0.185. The summed E-state index contributed by atoms with van der Waals surface area (Å²) in [6.45, 7) is 2.24. The molecule has 1 saturated heterocycles. The van der Waals surface area contributed by atoms with Gasteiger partial charge in [0.15, 0.2) is 0 Å². The first-order chi connectivity index (χ1) is 20.3. The Hall–Kier alpha value is -4.58. The molecule has 0 spiro atoms. The molecule has 0 bridgehead atoms. The molecule has 0 amide bonds. The fraction of sp³-hybridized carbons (Fsp3) is 0.194. The van der Waals surface area contributed by atoms with E-state index in [2.05, 4.69) is 27.6 Å². The third-order valence-corrected chi connectivity index (χ3v) is 9.51. The normalized spacial score (nSPS) is 14.7. The number of para-hydroxylation sites is 1. The largest absolute Gasteiger partial charge is 0.495 e. The van der Waals surface area contributed by atoms with Crippen molar-refractivity contribution in [3.05, 3.63) is 113 Å². The van der Waals surface area contributed by atoms with Crippen molar-refractivity contribution in [2.45, 2.75) is 11.4 Å². The van der Waals surface area contributed by atoms with Gasteiger partial charge >= 0.3 is 0 Å². The molecular weight excluding hydrogens is 554 g/mol. The summed E-state index contributed by atoms with van der Waals surface area (Å²) < 4.78 is 35.7. The van der Waals surface area contributed by atoms with E-state index in [1.54, 1.807) is 36.4 Å². The van der Waals surface area contributed by atoms with E-state index in [4.69, 9.17) is 9.72 Å². The van der Waals surface area contributed by atoms with Crippen LogP contribution in [0.2, 0.25) is 0 Å². The summed E-state index contributed by atoms with van der Waals surface area (Å²) in [5, 5.41) is 11.2. The van der Waals surface area contributed by atoms with E-state index in [0.717, 1.165) is 33.7 Å². The lowest BCUT2D eigenvalue weighted by Gasteiger charge is -2.34. The lowest BCUT2D eigenvalue weighted by Crippen LogP contribution is -2.48. The Morgan fingerprint density at radius 3 is 2.19 bits per heavy atom. The number of non-ortho nitro benzene ring substituents is 1. The second kappa shape index (κ2) is 11.4. The molecule has 1 aliphatic heterocycles. The number of hydrogen-bond donors (Lipinski definition) is 0. The maximum absolute atomic E-state index is 13.4. The number of benzene rings is 3. The first-order valence-corrected chi connectivity index (χ1v) is 15.0. The summed E-state index contributed by atoms with van der Waals surface area (Å²) in [6.07, 6.45) is 2.06. The maximum Gasteiger partial charge on any atom is 0.269 e. The third-order valence-electron chi connectivity index (χ3n) is 7.57. The first kappa shape index (κ1) is 27.6. The van der Waals surface area contributed by atoms with Gasteiger partial charge in [0, 0.05) is 56.6 Å². The Labute approximate surface area is 243 Å². The Balaban J connectivity index is 1.32. The highest BCUT2D eigenvalue weighted by atomic mass is 32.2. The van der Waals surface area contributed by atoms with E-state index in [1.807, 2.05) is 30.3 Å². The van der Waals surface area contributed by atoms with Gasteiger partial charge in [-0.3, -0.25) is 15.0 Å². The molecule has 0 saturated carbocycles. The van der Waals surface area contributed by atoms with Gasteiger partial charge in [-0.2, -0.15) is 4.31 Å². The van der Waals surface area contributed by atoms with Gasteiger partial charge in [-0.25, -0.2) is 13.4 Å². The monoisotopic (exact) mass is 583 g/mol. The van der Waals surface area contributed by atoms with Gasteiger partial charge in [0.1, 0.15) is 16.3 Å². The average Bonchev–Trinajstić information content (AvgIpc) is 3.39. The number of sulfonamides is 1. The summed E-state index contributed by atoms with van der Waals surface area (Å²) >= 11 is 0. The minimum absolute atomic E-state index is 0.0165. The van der Waals surface area contributed by atoms with Crippen molar-refractivity contribution in [3.8, 4) is 28.1 Å². The molecule has 1 aliphatic rings. The number of nitro benzene ring substituents is 1. The van der Waals surface area contributed by atoms with Crippen LogP contribution in [0.1, 0.15) is 5.69 Å². The van der Waals surface area contributed by atoms with Gasteiger partial charge in [-0.1, -0.05) is 42.5 Å². The Morgan fingerprint density at radius 2 is 1.50 bits per heavy atom. The molecule has 2 aromatic heterocycles. The molecule has 0 atom stereocenters. The topological polar surface area (TPSA) is 110 Å². The van der Waals surface area contributed by atoms with Crippen molar-refractivity contribution in [2.75, 3.05) is 33.3 Å². The molecule has 10 nitrogen and oxygen atoms in total. The molecule has 0 aliphatic carbocycles. The molecule has 214 valence electrons. The molecule has 0 radical (unpaired) electrons. The van der Waals surface area contributed by atoms with Crippen LogP contribution in [-0.4, -0.2) is 65.2 Å². The van der Waals surface area contributed by atoms with Gasteiger partial charge in [0.2, 0.25) is 10.0 Å². The van der Waals surface area contributed by atoms with Crippen molar-refractivity contribution in [3.63, 3.8) is 0 Å². The van der Waals surface area contributed by atoms with Crippen LogP contribution in [0.4, 0.5) is 5.69 Å². The van der Waals surface area contributed by atoms with Crippen molar-refractivity contribution in [1.82, 2.24) is 18.6 Å². The highest BCUT2D eigenvalue weighted by Gasteiger charge is 2.31. The van der Waals surface area contributed by atoms with Gasteiger partial charge in [0.25, 0.3) is 5.69 Å². The number of hydrogen-bond acceptors (Lipinski definition) is 7. The molecule has 11 heteroatoms. The van der Waals surface area contributed by atoms with Crippen LogP contribution in [0, 0.1) is 10.1 Å². The minimum Gasteiger partial charge on any atom is -0.495 e. The number of pyridine rings is 1. The molecule has 6 rings (SSSR count). The summed E-state index contributed by atoms with van der Waals surface area (Å²) in [5.74, 6) is 0.326. The van der Waals surface area contributed by atoms with Crippen molar-refractivity contribution >= 4 is 21.4 Å². The molecule has 3 aromatic carbocycles. The van der Waals surface area contributed by atoms with Crippen molar-refractivity contribution < 1.29 is 18.1 Å². The molecule has 3 heterocycles. The number of fused-ring (bicyclic) bond motifs is 1. The van der Waals surface area contributed by atoms with E-state index < -0.39 is 14.9 Å². The van der Waals surface area contributed by atoms with Crippen LogP contribution in [0.25, 0.3) is 28.0 Å². The Bertz CT molecular complexity index is 1850. The Morgan fingerprint density at radius 1 is 0.833 bits per heavy atom. The summed E-state index contributed by atoms with van der Waals surface area (Å²) in [7, 11) is -2.25. The van der Waals surface area contributed by atoms with Crippen LogP contribution >= 0.6 is 0 Å². The standard InChI is InChI=1S/C31H29N5O5S/c1-41-28-9-5-6-10-29(28)42(39,40)34-19-17-33(18-20-34)22-27-31(24-11-14-26(15-12-24)36(37)38)32-30-16-13-25(21-35(27)30)23-7-3-2-4-8-23/h2-16,21H,17-20,22H2,1H3. The number of rotatable bonds is 8. The summed E-state index contributed by atoms with van der Waals surface area (Å²) in [5.41, 5.74) is 5.32. The SMILES string of the molecule is COc1ccccc1S(=O)(=O)N1CCN(Cc2c(-c3ccc([N+](=O)[O-])cc3)nc3ccc(-c4ccccc4)cn23)CC1. The highest BCUT2D eigenvalue weighted by molar-refractivity contribution is 7.89. The number of imidazole rings is 1. The van der Waals surface area contributed by atoms with E-state index in [-0.39, 0.29) is 10.6 Å². The zero-order chi connectivity index (χ0) is 29.3. The Kier molecular flexibility index (Phi) is 7.46. The summed E-state index contributed by atoms with van der Waals surface area (Å²) in [6, 6.07) is 27.1. The van der Waals surface area contributed by atoms with E-state index in [9.17, 15) is 18.5 Å². The molecule has 1 fully saturated rings. The molecule has 42 heavy (non-hydrogen) atoms. The minimum atomic E-state index is -3.71. The molecule has 0 N–H and O–H groups in total. The van der Waals surface area contributed by atoms with Gasteiger partial charge in [-0.05, 0) is 47.5 Å². The van der Waals surface area contributed by atoms with Crippen LogP contribution in [0.5, 0.6) is 5.75 Å². The number of nitro groups is 1. The predicted octanol–water partition coefficient (Wildman–Crippen LogP) is 5.09. The van der Waals surface area contributed by atoms with Crippen LogP contribution in [-0.2, 0) is 16.6 Å². The van der Waals surface area contributed by atoms with E-state index in [0.29, 0.717) is 38.5 Å². The van der Waals surface area contributed by atoms with Crippen LogP contribution < -0.4 is 4.74 Å². The smallest absolute Gasteiger partial charge is 0.269 e. The zero-order valence-electron chi connectivity index (χ0n) is 23.0. The molecular formula is C31H29N5O5S. The predicted molar refractivity (Wildman–Crippen MR) is 160 cm³/mol. The molecule has 0 unspecified atom stereocenters. The third kappa shape index (κ3) is 5.25. The highest BCUT2D eigenvalue weighted by Crippen LogP contribution is 2.31. The fourth-order valence-corrected chi connectivity index (χ4v) is 6.91. The lowest BCUT2D eigenvalue weighted by molar-refractivity contribution is -0.384. The average molecular weight is 584 g/mol. The van der Waals surface area contributed by atoms with Gasteiger partial charge in [0.05, 0.1) is 23.4 Å². The summed E-state index contributed by atoms with van der Waals surface area (Å²) in [4.78, 5) is 18.1. The van der Waals surface area contributed by atoms with E-state index >= 15 is 0 Å². The van der Waals surface area contributed by atoms with Crippen molar-refractivity contribution in [1.29, 1.82) is 0 Å². The number of methoxy groups -OCH3 is 1. The lowest BCUT2D eigenvalue weighted by atomic mass is 10.1. The number of piperazine rings is 1. The van der Waals surface area contributed by atoms with Crippen LogP contribution in [0.3, 0.4) is 0 Å². The second-order valence-electron chi connectivity index (χ2n) is 10.1. The first-order valence-electron chi connectivity index (χ1n) is 13.5. The maximum atomic E-state index is 13.4. The number of ether oxygens (including phenoxy) is 1.